The first-order valence-corrected chi connectivity index (χ1v) is 8.50. The lowest BCUT2D eigenvalue weighted by atomic mass is 10.1. The summed E-state index contributed by atoms with van der Waals surface area (Å²) in [5.74, 6) is 0.845. The molecule has 2 rings (SSSR count). The second-order valence-electron chi connectivity index (χ2n) is 5.79. The highest BCUT2D eigenvalue weighted by molar-refractivity contribution is 6.02. The molecule has 0 bridgehead atoms. The lowest BCUT2D eigenvalue weighted by Crippen LogP contribution is -2.09. The van der Waals surface area contributed by atoms with Crippen LogP contribution < -0.4 is 14.8 Å². The molecule has 0 heterocycles. The number of carbonyl (C=O) groups is 1. The molecule has 0 aliphatic carbocycles. The number of nitrogens with zero attached hydrogens (tertiary/aromatic N) is 1. The number of ether oxygens (including phenoxy) is 2. The number of hydrogen-bond acceptors (Lipinski definition) is 5. The molecule has 0 aliphatic heterocycles. The maximum absolute atomic E-state index is 12.2. The molecule has 0 radical (unpaired) electrons. The number of benzene rings is 2. The third kappa shape index (κ3) is 5.31. The third-order valence-electron chi connectivity index (χ3n) is 3.84. The molecule has 0 saturated carbocycles. The molecule has 0 fully saturated rings. The minimum Gasteiger partial charge on any atom is -0.493 e. The number of rotatable bonds is 8. The Labute approximate surface area is 157 Å². The van der Waals surface area contributed by atoms with E-state index in [1.807, 2.05) is 13.0 Å². The zero-order valence-electron chi connectivity index (χ0n) is 15.5. The van der Waals surface area contributed by atoms with Gasteiger partial charge in [-0.15, -0.1) is 0 Å². The number of amides is 1. The van der Waals surface area contributed by atoms with Crippen molar-refractivity contribution in [2.75, 3.05) is 19.0 Å². The lowest BCUT2D eigenvalue weighted by Gasteiger charge is -2.10. The van der Waals surface area contributed by atoms with Gasteiger partial charge in [-0.05, 0) is 43.2 Å². The van der Waals surface area contributed by atoms with Crippen molar-refractivity contribution >= 4 is 23.4 Å². The van der Waals surface area contributed by atoms with Crippen LogP contribution in [0.3, 0.4) is 0 Å². The van der Waals surface area contributed by atoms with Gasteiger partial charge in [-0.1, -0.05) is 19.1 Å². The van der Waals surface area contributed by atoms with E-state index < -0.39 is 4.92 Å². The first-order valence-electron chi connectivity index (χ1n) is 8.50. The number of nitro groups is 1. The molecule has 7 nitrogen and oxygen atoms in total. The summed E-state index contributed by atoms with van der Waals surface area (Å²) < 4.78 is 10.9. The number of nitro benzene ring substituents is 1. The molecule has 0 aliphatic rings. The minimum atomic E-state index is -0.477. The van der Waals surface area contributed by atoms with Crippen LogP contribution in [0.1, 0.15) is 24.5 Å². The van der Waals surface area contributed by atoms with Crippen LogP contribution in [0.4, 0.5) is 11.4 Å². The third-order valence-corrected chi connectivity index (χ3v) is 3.84. The fraction of sp³-hybridized carbons (Fsp3) is 0.250. The van der Waals surface area contributed by atoms with Gasteiger partial charge in [0.1, 0.15) is 0 Å². The predicted molar refractivity (Wildman–Crippen MR) is 104 cm³/mol. The molecule has 2 aromatic carbocycles. The summed E-state index contributed by atoms with van der Waals surface area (Å²) >= 11 is 0. The Morgan fingerprint density at radius 2 is 2.04 bits per heavy atom. The maximum Gasteiger partial charge on any atom is 0.274 e. The molecule has 1 amide bonds. The zero-order valence-corrected chi connectivity index (χ0v) is 15.5. The standard InChI is InChI=1S/C20H22N2O5/c1-4-12-27-18-10-8-15(13-19(18)26-3)9-11-20(23)21-16-6-5-7-17(14(16)2)22(24)25/h5-11,13H,4,12H2,1-3H3,(H,21,23)/b11-9+. The van der Waals surface area contributed by atoms with Gasteiger partial charge >= 0.3 is 0 Å². The Morgan fingerprint density at radius 3 is 2.70 bits per heavy atom. The van der Waals surface area contributed by atoms with E-state index in [4.69, 9.17) is 9.47 Å². The summed E-state index contributed by atoms with van der Waals surface area (Å²) in [5.41, 5.74) is 1.54. The van der Waals surface area contributed by atoms with Crippen LogP contribution in [0.2, 0.25) is 0 Å². The molecule has 27 heavy (non-hydrogen) atoms. The number of carbonyl (C=O) groups excluding carboxylic acids is 1. The average molecular weight is 370 g/mol. The molecular formula is C20H22N2O5. The highest BCUT2D eigenvalue weighted by atomic mass is 16.6. The minimum absolute atomic E-state index is 0.0378. The van der Waals surface area contributed by atoms with E-state index in [-0.39, 0.29) is 11.6 Å². The van der Waals surface area contributed by atoms with Gasteiger partial charge in [-0.2, -0.15) is 0 Å². The second-order valence-corrected chi connectivity index (χ2v) is 5.79. The first-order chi connectivity index (χ1) is 13.0. The van der Waals surface area contributed by atoms with Crippen LogP contribution in [-0.2, 0) is 4.79 Å². The molecule has 0 aromatic heterocycles. The topological polar surface area (TPSA) is 90.7 Å². The van der Waals surface area contributed by atoms with E-state index in [2.05, 4.69) is 5.32 Å². The number of nitrogens with one attached hydrogen (secondary N) is 1. The quantitative estimate of drug-likeness (QED) is 0.424. The first kappa shape index (κ1) is 20.0. The largest absolute Gasteiger partial charge is 0.493 e. The Balaban J connectivity index is 2.11. The summed E-state index contributed by atoms with van der Waals surface area (Å²) in [6, 6.07) is 9.93. The van der Waals surface area contributed by atoms with E-state index in [9.17, 15) is 14.9 Å². The molecule has 0 unspecified atom stereocenters. The fourth-order valence-corrected chi connectivity index (χ4v) is 2.42. The van der Waals surface area contributed by atoms with Gasteiger partial charge in [0, 0.05) is 12.1 Å². The molecule has 0 atom stereocenters. The Morgan fingerprint density at radius 1 is 1.26 bits per heavy atom. The van der Waals surface area contributed by atoms with E-state index >= 15 is 0 Å². The average Bonchev–Trinajstić information content (AvgIpc) is 2.66. The van der Waals surface area contributed by atoms with Crippen LogP contribution in [0.5, 0.6) is 11.5 Å². The maximum atomic E-state index is 12.2. The van der Waals surface area contributed by atoms with Crippen molar-refractivity contribution in [2.24, 2.45) is 0 Å². The summed E-state index contributed by atoms with van der Waals surface area (Å²) in [7, 11) is 1.55. The van der Waals surface area contributed by atoms with Crippen LogP contribution >= 0.6 is 0 Å². The van der Waals surface area contributed by atoms with Gasteiger partial charge in [0.15, 0.2) is 11.5 Å². The van der Waals surface area contributed by atoms with Gasteiger partial charge in [-0.3, -0.25) is 14.9 Å². The van der Waals surface area contributed by atoms with Crippen molar-refractivity contribution < 1.29 is 19.2 Å². The molecule has 7 heteroatoms. The van der Waals surface area contributed by atoms with E-state index in [1.54, 1.807) is 38.3 Å². The molecular weight excluding hydrogens is 348 g/mol. The monoisotopic (exact) mass is 370 g/mol. The van der Waals surface area contributed by atoms with Crippen LogP contribution in [0, 0.1) is 17.0 Å². The summed E-state index contributed by atoms with van der Waals surface area (Å²) in [4.78, 5) is 22.7. The van der Waals surface area contributed by atoms with E-state index in [0.717, 1.165) is 12.0 Å². The molecule has 1 N–H and O–H groups in total. The Kier molecular flexibility index (Phi) is 6.93. The van der Waals surface area contributed by atoms with Gasteiger partial charge in [0.05, 0.1) is 29.9 Å². The van der Waals surface area contributed by atoms with Gasteiger partial charge in [0.2, 0.25) is 5.91 Å². The van der Waals surface area contributed by atoms with Crippen molar-refractivity contribution in [1.29, 1.82) is 0 Å². The molecule has 142 valence electrons. The van der Waals surface area contributed by atoms with Gasteiger partial charge < -0.3 is 14.8 Å². The molecule has 0 saturated heterocycles. The van der Waals surface area contributed by atoms with Gasteiger partial charge in [-0.25, -0.2) is 0 Å². The summed E-state index contributed by atoms with van der Waals surface area (Å²) in [5, 5.41) is 13.6. The van der Waals surface area contributed by atoms with Crippen LogP contribution in [0.15, 0.2) is 42.5 Å². The van der Waals surface area contributed by atoms with Crippen molar-refractivity contribution in [3.8, 4) is 11.5 Å². The normalized spacial score (nSPS) is 10.6. The van der Waals surface area contributed by atoms with Crippen molar-refractivity contribution in [3.05, 3.63) is 63.7 Å². The Hall–Kier alpha value is -3.35. The summed E-state index contributed by atoms with van der Waals surface area (Å²) in [6.07, 6.45) is 3.88. The smallest absolute Gasteiger partial charge is 0.274 e. The predicted octanol–water partition coefficient (Wildman–Crippen LogP) is 4.35. The number of methoxy groups -OCH3 is 1. The van der Waals surface area contributed by atoms with E-state index in [1.165, 1.54) is 18.2 Å². The highest BCUT2D eigenvalue weighted by Gasteiger charge is 2.14. The molecule has 2 aromatic rings. The lowest BCUT2D eigenvalue weighted by molar-refractivity contribution is -0.385. The molecule has 0 spiro atoms. The van der Waals surface area contributed by atoms with Crippen molar-refractivity contribution in [2.45, 2.75) is 20.3 Å². The Bertz CT molecular complexity index is 861. The van der Waals surface area contributed by atoms with Crippen LogP contribution in [-0.4, -0.2) is 24.5 Å². The second kappa shape index (κ2) is 9.38. The zero-order chi connectivity index (χ0) is 19.8. The number of hydrogen-bond donors (Lipinski definition) is 1. The van der Waals surface area contributed by atoms with Crippen molar-refractivity contribution in [1.82, 2.24) is 0 Å². The van der Waals surface area contributed by atoms with Crippen LogP contribution in [0.25, 0.3) is 6.08 Å². The van der Waals surface area contributed by atoms with E-state index in [0.29, 0.717) is 29.4 Å². The highest BCUT2D eigenvalue weighted by Crippen LogP contribution is 2.29. The SMILES string of the molecule is CCCOc1ccc(/C=C/C(=O)Nc2cccc([N+](=O)[O-])c2C)cc1OC. The van der Waals surface area contributed by atoms with Crippen molar-refractivity contribution in [3.63, 3.8) is 0 Å². The van der Waals surface area contributed by atoms with Gasteiger partial charge in [0.25, 0.3) is 5.69 Å². The number of anilines is 1. The summed E-state index contributed by atoms with van der Waals surface area (Å²) in [6.45, 7) is 4.21. The fourth-order valence-electron chi connectivity index (χ4n) is 2.42.